The topological polar surface area (TPSA) is 140 Å². The summed E-state index contributed by atoms with van der Waals surface area (Å²) >= 11 is 0. The van der Waals surface area contributed by atoms with E-state index in [0.717, 1.165) is 24.1 Å². The number of aryl methyl sites for hydroxylation is 1. The first-order valence-electron chi connectivity index (χ1n) is 13.0. The van der Waals surface area contributed by atoms with Crippen molar-refractivity contribution in [2.24, 2.45) is 5.92 Å². The van der Waals surface area contributed by atoms with Crippen molar-refractivity contribution in [3.63, 3.8) is 0 Å². The van der Waals surface area contributed by atoms with Gasteiger partial charge in [0.15, 0.2) is 11.5 Å². The summed E-state index contributed by atoms with van der Waals surface area (Å²) < 4.78 is 42.2. The second-order valence-corrected chi connectivity index (χ2v) is 11.6. The van der Waals surface area contributed by atoms with Crippen LogP contribution in [0.1, 0.15) is 41.6 Å². The molecule has 1 atom stereocenters. The van der Waals surface area contributed by atoms with Gasteiger partial charge in [0.2, 0.25) is 11.8 Å². The van der Waals surface area contributed by atoms with Crippen molar-refractivity contribution >= 4 is 33.5 Å². The molecule has 2 N–H and O–H groups in total. The Morgan fingerprint density at radius 3 is 2.41 bits per heavy atom. The number of ether oxygens (including phenoxy) is 2. The molecule has 0 aromatic heterocycles. The summed E-state index contributed by atoms with van der Waals surface area (Å²) in [5, 5.41) is 4.92. The van der Waals surface area contributed by atoms with Gasteiger partial charge in [0, 0.05) is 19.5 Å². The van der Waals surface area contributed by atoms with Gasteiger partial charge in [-0.1, -0.05) is 17.7 Å². The SMILES string of the molecule is Cc1ccc(S(=O)(=O)OCC2CCN(c3ccc(C(=O)NC4CCC(=O)NC4=O)c4c3OCCO4)CC2)cc1. The third-order valence-corrected chi connectivity index (χ3v) is 8.48. The first-order chi connectivity index (χ1) is 18.7. The average molecular weight is 558 g/mol. The molecule has 0 aliphatic carbocycles. The monoisotopic (exact) mass is 557 g/mol. The summed E-state index contributed by atoms with van der Waals surface area (Å²) in [5.41, 5.74) is 2.01. The Morgan fingerprint density at radius 1 is 1.03 bits per heavy atom. The van der Waals surface area contributed by atoms with Crippen LogP contribution in [0.15, 0.2) is 41.3 Å². The van der Waals surface area contributed by atoms with Crippen LogP contribution in [0.4, 0.5) is 5.69 Å². The van der Waals surface area contributed by atoms with Crippen LogP contribution in [0, 0.1) is 12.8 Å². The third kappa shape index (κ3) is 6.01. The maximum atomic E-state index is 13.0. The fourth-order valence-electron chi connectivity index (χ4n) is 4.92. The first kappa shape index (κ1) is 26.9. The second-order valence-electron chi connectivity index (χ2n) is 9.95. The number of anilines is 1. The molecule has 2 fully saturated rings. The number of benzene rings is 2. The van der Waals surface area contributed by atoms with Crippen molar-refractivity contribution in [1.29, 1.82) is 0 Å². The van der Waals surface area contributed by atoms with Gasteiger partial charge in [-0.25, -0.2) is 0 Å². The number of nitrogens with one attached hydrogen (secondary N) is 2. The molecule has 3 heterocycles. The molecule has 5 rings (SSSR count). The minimum Gasteiger partial charge on any atom is -0.485 e. The van der Waals surface area contributed by atoms with Gasteiger partial charge in [0.1, 0.15) is 19.3 Å². The van der Waals surface area contributed by atoms with E-state index in [1.807, 2.05) is 6.92 Å². The molecule has 3 amide bonds. The average Bonchev–Trinajstić information content (AvgIpc) is 2.93. The van der Waals surface area contributed by atoms with Crippen molar-refractivity contribution in [2.75, 3.05) is 37.8 Å². The highest BCUT2D eigenvalue weighted by atomic mass is 32.2. The molecule has 39 heavy (non-hydrogen) atoms. The van der Waals surface area contributed by atoms with Crippen molar-refractivity contribution in [3.05, 3.63) is 47.5 Å². The highest BCUT2D eigenvalue weighted by Gasteiger charge is 2.32. The van der Waals surface area contributed by atoms with Gasteiger partial charge in [-0.15, -0.1) is 0 Å². The Morgan fingerprint density at radius 2 is 1.72 bits per heavy atom. The molecular formula is C27H31N3O8S. The lowest BCUT2D eigenvalue weighted by molar-refractivity contribution is -0.134. The largest absolute Gasteiger partial charge is 0.485 e. The summed E-state index contributed by atoms with van der Waals surface area (Å²) in [6, 6.07) is 9.22. The number of rotatable bonds is 7. The quantitative estimate of drug-likeness (QED) is 0.386. The summed E-state index contributed by atoms with van der Waals surface area (Å²) in [7, 11) is -3.81. The smallest absolute Gasteiger partial charge is 0.296 e. The van der Waals surface area contributed by atoms with Crippen LogP contribution >= 0.6 is 0 Å². The summed E-state index contributed by atoms with van der Waals surface area (Å²) in [6.07, 6.45) is 1.83. The molecule has 1 unspecified atom stereocenters. The van der Waals surface area contributed by atoms with Gasteiger partial charge in [-0.3, -0.25) is 23.9 Å². The number of imide groups is 1. The van der Waals surface area contributed by atoms with Crippen LogP contribution in [0.25, 0.3) is 0 Å². The normalized spacial score (nSPS) is 19.9. The third-order valence-electron chi connectivity index (χ3n) is 7.18. The zero-order valence-corrected chi connectivity index (χ0v) is 22.4. The Labute approximate surface area is 226 Å². The zero-order chi connectivity index (χ0) is 27.6. The molecule has 208 valence electrons. The Hall–Kier alpha value is -3.64. The van der Waals surface area contributed by atoms with Gasteiger partial charge in [0.25, 0.3) is 16.0 Å². The number of fused-ring (bicyclic) bond motifs is 1. The summed E-state index contributed by atoms with van der Waals surface area (Å²) in [5.74, 6) is -0.503. The number of hydrogen-bond acceptors (Lipinski definition) is 9. The van der Waals surface area contributed by atoms with E-state index in [1.54, 1.807) is 36.4 Å². The molecule has 0 radical (unpaired) electrons. The molecule has 0 spiro atoms. The van der Waals surface area contributed by atoms with Gasteiger partial charge in [-0.05, 0) is 56.4 Å². The van der Waals surface area contributed by atoms with Crippen molar-refractivity contribution in [2.45, 2.75) is 43.5 Å². The predicted molar refractivity (Wildman–Crippen MR) is 140 cm³/mol. The van der Waals surface area contributed by atoms with Gasteiger partial charge < -0.3 is 19.7 Å². The first-order valence-corrected chi connectivity index (χ1v) is 14.4. The van der Waals surface area contributed by atoms with Gasteiger partial charge in [0.05, 0.1) is 22.8 Å². The van der Waals surface area contributed by atoms with E-state index < -0.39 is 28.0 Å². The Bertz CT molecular complexity index is 1370. The number of hydrogen-bond donors (Lipinski definition) is 2. The molecule has 2 aromatic rings. The van der Waals surface area contributed by atoms with Crippen LogP contribution in [0.3, 0.4) is 0 Å². The number of piperidine rings is 2. The van der Waals surface area contributed by atoms with E-state index in [4.69, 9.17) is 13.7 Å². The molecule has 3 aliphatic heterocycles. The lowest BCUT2D eigenvalue weighted by Crippen LogP contribution is -2.52. The molecule has 2 aromatic carbocycles. The van der Waals surface area contributed by atoms with E-state index in [2.05, 4.69) is 15.5 Å². The second kappa shape index (κ2) is 11.2. The van der Waals surface area contributed by atoms with Crippen LogP contribution in [0.2, 0.25) is 0 Å². The van der Waals surface area contributed by atoms with E-state index in [1.165, 1.54) is 0 Å². The van der Waals surface area contributed by atoms with Crippen molar-refractivity contribution < 1.29 is 36.5 Å². The van der Waals surface area contributed by atoms with Gasteiger partial charge in [-0.2, -0.15) is 8.42 Å². The maximum Gasteiger partial charge on any atom is 0.296 e. The fourth-order valence-corrected chi connectivity index (χ4v) is 5.89. The molecule has 12 heteroatoms. The molecule has 11 nitrogen and oxygen atoms in total. The highest BCUT2D eigenvalue weighted by molar-refractivity contribution is 7.86. The van der Waals surface area contributed by atoms with Gasteiger partial charge >= 0.3 is 0 Å². The Kier molecular flexibility index (Phi) is 7.76. The summed E-state index contributed by atoms with van der Waals surface area (Å²) in [6.45, 7) is 3.92. The van der Waals surface area contributed by atoms with Crippen LogP contribution in [-0.4, -0.2) is 65.1 Å². The lowest BCUT2D eigenvalue weighted by atomic mass is 9.97. The Balaban J connectivity index is 1.22. The van der Waals surface area contributed by atoms with Crippen LogP contribution in [0.5, 0.6) is 11.5 Å². The van der Waals surface area contributed by atoms with E-state index >= 15 is 0 Å². The standard InChI is InChI=1S/C27H31N3O8S/c1-17-2-4-19(5-3-17)39(34,35)38-16-18-10-12-30(13-11-18)22-8-6-20(24-25(22)37-15-14-36-24)26(32)28-21-7-9-23(31)29-27(21)33/h2-6,8,18,21H,7,9-16H2,1H3,(H,28,32)(H,29,31,33). The minimum absolute atomic E-state index is 0.0769. The molecule has 0 saturated carbocycles. The molecule has 3 aliphatic rings. The van der Waals surface area contributed by atoms with Crippen LogP contribution < -0.4 is 25.0 Å². The molecule has 2 saturated heterocycles. The number of amides is 3. The number of carbonyl (C=O) groups is 3. The number of nitrogens with zero attached hydrogens (tertiary/aromatic N) is 1. The maximum absolute atomic E-state index is 13.0. The summed E-state index contributed by atoms with van der Waals surface area (Å²) in [4.78, 5) is 38.8. The van der Waals surface area contributed by atoms with E-state index in [-0.39, 0.29) is 48.3 Å². The van der Waals surface area contributed by atoms with Crippen molar-refractivity contribution in [3.8, 4) is 11.5 Å². The molecular weight excluding hydrogens is 526 g/mol. The van der Waals surface area contributed by atoms with Crippen LogP contribution in [-0.2, 0) is 23.9 Å². The zero-order valence-electron chi connectivity index (χ0n) is 21.6. The highest BCUT2D eigenvalue weighted by Crippen LogP contribution is 2.43. The predicted octanol–water partition coefficient (Wildman–Crippen LogP) is 1.92. The lowest BCUT2D eigenvalue weighted by Gasteiger charge is -2.35. The minimum atomic E-state index is -3.81. The molecule has 0 bridgehead atoms. The van der Waals surface area contributed by atoms with Crippen molar-refractivity contribution in [1.82, 2.24) is 10.6 Å². The van der Waals surface area contributed by atoms with E-state index in [9.17, 15) is 22.8 Å². The van der Waals surface area contributed by atoms with E-state index in [0.29, 0.717) is 31.2 Å². The fraction of sp³-hybridized carbons (Fsp3) is 0.444. The number of carbonyl (C=O) groups excluding carboxylic acids is 3.